The number of morpholine rings is 1. The molecule has 2 aliphatic rings. The largest absolute Gasteiger partial charge is 0.374 e. The fourth-order valence-corrected chi connectivity index (χ4v) is 3.33. The number of ether oxygens (including phenoxy) is 1. The first kappa shape index (κ1) is 11.2. The van der Waals surface area contributed by atoms with Gasteiger partial charge in [0.25, 0.3) is 0 Å². The molecule has 4 rings (SSSR count). The molecule has 2 atom stereocenters. The number of imidazole rings is 1. The molecule has 0 unspecified atom stereocenters. The number of H-pyrrole nitrogens is 1. The van der Waals surface area contributed by atoms with Crippen molar-refractivity contribution < 1.29 is 4.74 Å². The minimum atomic E-state index is 0.357. The van der Waals surface area contributed by atoms with E-state index in [4.69, 9.17) is 4.74 Å². The molecule has 3 heterocycles. The quantitative estimate of drug-likeness (QED) is 0.840. The lowest BCUT2D eigenvalue weighted by molar-refractivity contribution is -0.00888. The summed E-state index contributed by atoms with van der Waals surface area (Å²) in [6, 6.07) is 0.448. The van der Waals surface area contributed by atoms with Crippen LogP contribution in [-0.4, -0.2) is 45.2 Å². The highest BCUT2D eigenvalue weighted by atomic mass is 16.5. The topological polar surface area (TPSA) is 66.9 Å². The molecule has 1 aliphatic heterocycles. The van der Waals surface area contributed by atoms with Crippen molar-refractivity contribution in [1.82, 2.24) is 19.9 Å². The third kappa shape index (κ3) is 1.78. The average molecular weight is 259 g/mol. The van der Waals surface area contributed by atoms with Crippen molar-refractivity contribution in [2.24, 2.45) is 0 Å². The molecule has 2 aromatic rings. The molecule has 0 bridgehead atoms. The van der Waals surface area contributed by atoms with Gasteiger partial charge in [0.2, 0.25) is 0 Å². The number of hydrogen-bond donors (Lipinski definition) is 1. The summed E-state index contributed by atoms with van der Waals surface area (Å²) < 4.78 is 5.92. The van der Waals surface area contributed by atoms with Crippen LogP contribution < -0.4 is 4.90 Å². The molecule has 2 fully saturated rings. The molecular formula is C13H17N5O. The number of aromatic amines is 1. The van der Waals surface area contributed by atoms with E-state index in [0.717, 1.165) is 30.1 Å². The summed E-state index contributed by atoms with van der Waals surface area (Å²) in [6.45, 7) is 1.67. The van der Waals surface area contributed by atoms with Crippen molar-refractivity contribution in [3.8, 4) is 0 Å². The van der Waals surface area contributed by atoms with Crippen LogP contribution in [0.25, 0.3) is 11.2 Å². The molecule has 1 N–H and O–H groups in total. The maximum absolute atomic E-state index is 5.92. The summed E-state index contributed by atoms with van der Waals surface area (Å²) in [5.41, 5.74) is 1.68. The summed E-state index contributed by atoms with van der Waals surface area (Å²) >= 11 is 0. The Morgan fingerprint density at radius 2 is 2.16 bits per heavy atom. The monoisotopic (exact) mass is 259 g/mol. The van der Waals surface area contributed by atoms with E-state index in [9.17, 15) is 0 Å². The SMILES string of the molecule is c1nc(N2CCO[C@@H]3CCCC[C@@H]32)c2[nH]cnc2n1. The van der Waals surface area contributed by atoms with Crippen LogP contribution in [0.4, 0.5) is 5.82 Å². The van der Waals surface area contributed by atoms with Gasteiger partial charge in [-0.1, -0.05) is 12.8 Å². The highest BCUT2D eigenvalue weighted by Crippen LogP contribution is 2.32. The third-order valence-electron chi connectivity index (χ3n) is 4.21. The van der Waals surface area contributed by atoms with E-state index >= 15 is 0 Å². The van der Waals surface area contributed by atoms with E-state index in [1.807, 2.05) is 0 Å². The van der Waals surface area contributed by atoms with Gasteiger partial charge in [-0.2, -0.15) is 0 Å². The van der Waals surface area contributed by atoms with Gasteiger partial charge in [-0.3, -0.25) is 0 Å². The van der Waals surface area contributed by atoms with Gasteiger partial charge in [-0.05, 0) is 12.8 Å². The van der Waals surface area contributed by atoms with Gasteiger partial charge in [0.1, 0.15) is 11.8 Å². The maximum atomic E-state index is 5.92. The number of aromatic nitrogens is 4. The van der Waals surface area contributed by atoms with E-state index < -0.39 is 0 Å². The number of nitrogens with zero attached hydrogens (tertiary/aromatic N) is 4. The van der Waals surface area contributed by atoms with Gasteiger partial charge in [-0.25, -0.2) is 15.0 Å². The lowest BCUT2D eigenvalue weighted by atomic mass is 9.90. The maximum Gasteiger partial charge on any atom is 0.182 e. The Morgan fingerprint density at radius 3 is 3.16 bits per heavy atom. The number of nitrogens with one attached hydrogen (secondary N) is 1. The van der Waals surface area contributed by atoms with Gasteiger partial charge >= 0.3 is 0 Å². The second-order valence-electron chi connectivity index (χ2n) is 5.25. The Morgan fingerprint density at radius 1 is 1.21 bits per heavy atom. The standard InChI is InChI=1S/C13H17N5O/c1-2-4-10-9(3-1)18(5-6-19-10)13-11-12(15-7-14-11)16-8-17-13/h7-10H,1-6H2,(H,14,15,16,17)/t9-,10+/m0/s1. The fraction of sp³-hybridized carbons (Fsp3) is 0.615. The lowest BCUT2D eigenvalue weighted by Gasteiger charge is -2.44. The molecule has 0 radical (unpaired) electrons. The lowest BCUT2D eigenvalue weighted by Crippen LogP contribution is -2.53. The van der Waals surface area contributed by atoms with Gasteiger partial charge in [0.15, 0.2) is 11.5 Å². The minimum absolute atomic E-state index is 0.357. The second-order valence-corrected chi connectivity index (χ2v) is 5.25. The van der Waals surface area contributed by atoms with Crippen LogP contribution in [0.2, 0.25) is 0 Å². The summed E-state index contributed by atoms with van der Waals surface area (Å²) in [5, 5.41) is 0. The number of anilines is 1. The zero-order valence-corrected chi connectivity index (χ0v) is 10.7. The van der Waals surface area contributed by atoms with Crippen LogP contribution in [0.3, 0.4) is 0 Å². The van der Waals surface area contributed by atoms with Crippen molar-refractivity contribution in [1.29, 1.82) is 0 Å². The van der Waals surface area contributed by atoms with Gasteiger partial charge in [0.05, 0.1) is 25.1 Å². The van der Waals surface area contributed by atoms with E-state index in [-0.39, 0.29) is 0 Å². The molecule has 0 spiro atoms. The van der Waals surface area contributed by atoms with Crippen molar-refractivity contribution in [2.45, 2.75) is 37.8 Å². The normalized spacial score (nSPS) is 27.5. The van der Waals surface area contributed by atoms with Gasteiger partial charge < -0.3 is 14.6 Å². The van der Waals surface area contributed by atoms with Crippen LogP contribution >= 0.6 is 0 Å². The summed E-state index contributed by atoms with van der Waals surface area (Å²) in [5.74, 6) is 0.975. The van der Waals surface area contributed by atoms with E-state index in [1.54, 1.807) is 12.7 Å². The zero-order chi connectivity index (χ0) is 12.7. The molecule has 1 saturated heterocycles. The van der Waals surface area contributed by atoms with Crippen LogP contribution in [0.5, 0.6) is 0 Å². The zero-order valence-electron chi connectivity index (χ0n) is 10.7. The molecule has 1 aliphatic carbocycles. The first-order valence-corrected chi connectivity index (χ1v) is 6.96. The number of fused-ring (bicyclic) bond motifs is 2. The number of hydrogen-bond acceptors (Lipinski definition) is 5. The third-order valence-corrected chi connectivity index (χ3v) is 4.21. The predicted octanol–water partition coefficient (Wildman–Crippen LogP) is 1.50. The molecule has 6 heteroatoms. The van der Waals surface area contributed by atoms with Crippen LogP contribution in [0.15, 0.2) is 12.7 Å². The van der Waals surface area contributed by atoms with Crippen molar-refractivity contribution in [3.63, 3.8) is 0 Å². The van der Waals surface area contributed by atoms with Crippen molar-refractivity contribution >= 4 is 17.0 Å². The predicted molar refractivity (Wildman–Crippen MR) is 71.0 cm³/mol. The molecule has 0 aromatic carbocycles. The molecule has 100 valence electrons. The van der Waals surface area contributed by atoms with Crippen LogP contribution in [0.1, 0.15) is 25.7 Å². The van der Waals surface area contributed by atoms with Crippen LogP contribution in [0, 0.1) is 0 Å². The highest BCUT2D eigenvalue weighted by Gasteiger charge is 2.35. The summed E-state index contributed by atoms with van der Waals surface area (Å²) in [6.07, 6.45) is 8.54. The van der Waals surface area contributed by atoms with Gasteiger partial charge in [-0.15, -0.1) is 0 Å². The van der Waals surface area contributed by atoms with E-state index in [1.165, 1.54) is 25.7 Å². The van der Waals surface area contributed by atoms with Crippen molar-refractivity contribution in [2.75, 3.05) is 18.1 Å². The molecular weight excluding hydrogens is 242 g/mol. The average Bonchev–Trinajstić information content (AvgIpc) is 2.95. The fourth-order valence-electron chi connectivity index (χ4n) is 3.33. The molecule has 2 aromatic heterocycles. The summed E-state index contributed by atoms with van der Waals surface area (Å²) in [4.78, 5) is 18.4. The smallest absolute Gasteiger partial charge is 0.182 e. The minimum Gasteiger partial charge on any atom is -0.374 e. The Labute approximate surface area is 111 Å². The Bertz CT molecular complexity index is 581. The van der Waals surface area contributed by atoms with Gasteiger partial charge in [0, 0.05) is 6.54 Å². The first-order valence-electron chi connectivity index (χ1n) is 6.96. The van der Waals surface area contributed by atoms with E-state index in [0.29, 0.717) is 12.1 Å². The molecule has 19 heavy (non-hydrogen) atoms. The van der Waals surface area contributed by atoms with Crippen LogP contribution in [-0.2, 0) is 4.74 Å². The molecule has 6 nitrogen and oxygen atoms in total. The Hall–Kier alpha value is -1.69. The summed E-state index contributed by atoms with van der Waals surface area (Å²) in [7, 11) is 0. The highest BCUT2D eigenvalue weighted by molar-refractivity contribution is 5.82. The Balaban J connectivity index is 1.75. The van der Waals surface area contributed by atoms with E-state index in [2.05, 4.69) is 24.8 Å². The number of rotatable bonds is 1. The molecule has 0 amide bonds. The van der Waals surface area contributed by atoms with Crippen molar-refractivity contribution in [3.05, 3.63) is 12.7 Å². The Kier molecular flexibility index (Phi) is 2.61. The second kappa shape index (κ2) is 4.45. The first-order chi connectivity index (χ1) is 9.43. The molecule has 1 saturated carbocycles.